The van der Waals surface area contributed by atoms with E-state index in [4.69, 9.17) is 4.42 Å². The number of benzene rings is 2. The van der Waals surface area contributed by atoms with Crippen molar-refractivity contribution in [1.29, 1.82) is 0 Å². The summed E-state index contributed by atoms with van der Waals surface area (Å²) in [4.78, 5) is 12.8. The normalized spacial score (nSPS) is 12.2. The van der Waals surface area contributed by atoms with Gasteiger partial charge in [-0.2, -0.15) is 5.10 Å². The quantitative estimate of drug-likeness (QED) is 0.367. The maximum Gasteiger partial charge on any atom is 0.281 e. The second-order valence-electron chi connectivity index (χ2n) is 5.75. The molecule has 0 saturated heterocycles. The maximum atomic E-state index is 12.8. The van der Waals surface area contributed by atoms with E-state index < -0.39 is 26.7 Å². The van der Waals surface area contributed by atoms with Gasteiger partial charge >= 0.3 is 0 Å². The zero-order valence-electron chi connectivity index (χ0n) is 14.3. The molecule has 8 nitrogen and oxygen atoms in total. The second kappa shape index (κ2) is 7.77. The summed E-state index contributed by atoms with van der Waals surface area (Å²) in [5.74, 6) is -0.887. The van der Waals surface area contributed by atoms with Crippen molar-refractivity contribution >= 4 is 22.2 Å². The number of nitrogens with one attached hydrogen (secondary N) is 1. The van der Waals surface area contributed by atoms with Crippen LogP contribution in [-0.4, -0.2) is 30.2 Å². The Morgan fingerprint density at radius 3 is 2.00 bits per heavy atom. The van der Waals surface area contributed by atoms with Crippen molar-refractivity contribution in [2.24, 2.45) is 5.10 Å². The zero-order chi connectivity index (χ0) is 20.2. The first kappa shape index (κ1) is 19.5. The molecule has 0 aliphatic rings. The smallest absolute Gasteiger partial charge is 0.281 e. The van der Waals surface area contributed by atoms with E-state index in [0.717, 1.165) is 12.3 Å². The highest BCUT2D eigenvalue weighted by Gasteiger charge is 2.39. The van der Waals surface area contributed by atoms with Crippen LogP contribution in [0.5, 0.6) is 0 Å². The largest absolute Gasteiger partial charge is 0.742 e. The molecule has 0 aliphatic carbocycles. The van der Waals surface area contributed by atoms with E-state index in [1.54, 1.807) is 60.7 Å². The van der Waals surface area contributed by atoms with Gasteiger partial charge in [-0.3, -0.25) is 4.79 Å². The summed E-state index contributed by atoms with van der Waals surface area (Å²) in [7, 11) is -4.72. The Labute approximate surface area is 160 Å². The minimum atomic E-state index is -4.72. The average Bonchev–Trinajstić information content (AvgIpc) is 3.18. The molecule has 0 atom stereocenters. The number of hydrogen-bond acceptors (Lipinski definition) is 7. The molecule has 2 aromatic carbocycles. The van der Waals surface area contributed by atoms with E-state index in [2.05, 4.69) is 10.5 Å². The van der Waals surface area contributed by atoms with Gasteiger partial charge in [0.15, 0.2) is 15.7 Å². The molecule has 0 saturated carbocycles. The van der Waals surface area contributed by atoms with Crippen LogP contribution >= 0.6 is 0 Å². The fourth-order valence-electron chi connectivity index (χ4n) is 2.56. The van der Waals surface area contributed by atoms with E-state index in [1.165, 1.54) is 6.07 Å². The predicted octanol–water partition coefficient (Wildman–Crippen LogP) is 1.57. The molecule has 0 fully saturated rings. The van der Waals surface area contributed by atoms with E-state index in [9.17, 15) is 22.9 Å². The van der Waals surface area contributed by atoms with E-state index in [-0.39, 0.29) is 5.76 Å². The molecule has 3 rings (SSSR count). The number of carbonyl (C=O) groups is 1. The van der Waals surface area contributed by atoms with Crippen LogP contribution in [0, 0.1) is 0 Å². The number of aliphatic hydroxyl groups is 1. The zero-order valence-corrected chi connectivity index (χ0v) is 15.2. The van der Waals surface area contributed by atoms with Gasteiger partial charge in [0, 0.05) is 0 Å². The second-order valence-corrected chi connectivity index (χ2v) is 7.06. The highest BCUT2D eigenvalue weighted by molar-refractivity contribution is 7.85. The summed E-state index contributed by atoms with van der Waals surface area (Å²) in [5, 5.41) is 14.1. The lowest BCUT2D eigenvalue weighted by Crippen LogP contribution is -2.43. The van der Waals surface area contributed by atoms with Crippen LogP contribution in [0.4, 0.5) is 0 Å². The minimum absolute atomic E-state index is 0.0577. The van der Waals surface area contributed by atoms with Crippen molar-refractivity contribution in [2.45, 2.75) is 10.7 Å². The Kier molecular flexibility index (Phi) is 5.41. The molecule has 9 heteroatoms. The molecule has 1 aromatic heterocycles. The van der Waals surface area contributed by atoms with Crippen LogP contribution in [0.1, 0.15) is 16.9 Å². The lowest BCUT2D eigenvalue weighted by atomic mass is 9.85. The summed E-state index contributed by atoms with van der Waals surface area (Å²) in [6, 6.07) is 18.9. The van der Waals surface area contributed by atoms with E-state index in [0.29, 0.717) is 11.1 Å². The standard InChI is InChI=1S/C19H16N2O6S/c22-18(21-20-13-16-11-12-17(27-16)28(24,25)26)19(23,14-7-3-1-4-8-14)15-9-5-2-6-10-15/h1-13,23H,(H,21,22)(H,24,25,26)/p-1/b20-13+. The van der Waals surface area contributed by atoms with Crippen LogP contribution in [0.2, 0.25) is 0 Å². The Morgan fingerprint density at radius 1 is 1.00 bits per heavy atom. The van der Waals surface area contributed by atoms with Crippen molar-refractivity contribution in [3.63, 3.8) is 0 Å². The summed E-state index contributed by atoms with van der Waals surface area (Å²) >= 11 is 0. The number of carbonyl (C=O) groups excluding carboxylic acids is 1. The van der Waals surface area contributed by atoms with Crippen LogP contribution in [-0.2, 0) is 20.5 Å². The first-order valence-electron chi connectivity index (χ1n) is 8.04. The SMILES string of the molecule is O=C(N/N=C/c1ccc(S(=O)(=O)[O-])o1)C(O)(c1ccccc1)c1ccccc1. The minimum Gasteiger partial charge on any atom is -0.742 e. The van der Waals surface area contributed by atoms with Gasteiger partial charge in [0.05, 0.1) is 6.21 Å². The number of hydrogen-bond donors (Lipinski definition) is 2. The van der Waals surface area contributed by atoms with Gasteiger partial charge in [-0.1, -0.05) is 60.7 Å². The van der Waals surface area contributed by atoms with Gasteiger partial charge in [0.25, 0.3) is 5.91 Å². The first-order chi connectivity index (χ1) is 13.3. The third-order valence-electron chi connectivity index (χ3n) is 3.92. The predicted molar refractivity (Wildman–Crippen MR) is 98.3 cm³/mol. The van der Waals surface area contributed by atoms with Gasteiger partial charge < -0.3 is 14.1 Å². The highest BCUT2D eigenvalue weighted by atomic mass is 32.2. The van der Waals surface area contributed by atoms with Crippen molar-refractivity contribution in [2.75, 3.05) is 0 Å². The van der Waals surface area contributed by atoms with Crippen molar-refractivity contribution < 1.29 is 27.3 Å². The third-order valence-corrected chi connectivity index (χ3v) is 4.63. The molecule has 0 spiro atoms. The number of rotatable bonds is 6. The van der Waals surface area contributed by atoms with E-state index >= 15 is 0 Å². The van der Waals surface area contributed by atoms with Gasteiger partial charge in [0.1, 0.15) is 5.76 Å². The molecule has 0 radical (unpaired) electrons. The van der Waals surface area contributed by atoms with Crippen LogP contribution in [0.15, 0.2) is 87.4 Å². The Balaban J connectivity index is 1.86. The number of hydrazone groups is 1. The van der Waals surface area contributed by atoms with Crippen molar-refractivity contribution in [3.8, 4) is 0 Å². The molecule has 3 aromatic rings. The lowest BCUT2D eigenvalue weighted by molar-refractivity contribution is -0.136. The first-order valence-corrected chi connectivity index (χ1v) is 9.45. The van der Waals surface area contributed by atoms with Gasteiger partial charge in [0.2, 0.25) is 5.09 Å². The molecule has 28 heavy (non-hydrogen) atoms. The van der Waals surface area contributed by atoms with Gasteiger partial charge in [-0.15, -0.1) is 0 Å². The number of furan rings is 1. The molecule has 2 N–H and O–H groups in total. The summed E-state index contributed by atoms with van der Waals surface area (Å²) < 4.78 is 37.5. The lowest BCUT2D eigenvalue weighted by Gasteiger charge is -2.26. The van der Waals surface area contributed by atoms with Gasteiger partial charge in [-0.25, -0.2) is 13.8 Å². The summed E-state index contributed by atoms with van der Waals surface area (Å²) in [6.45, 7) is 0. The molecule has 1 amide bonds. The fraction of sp³-hybridized carbons (Fsp3) is 0.0526. The third kappa shape index (κ3) is 4.01. The molecule has 0 unspecified atom stereocenters. The average molecular weight is 399 g/mol. The van der Waals surface area contributed by atoms with Crippen molar-refractivity contribution in [1.82, 2.24) is 5.43 Å². The molecular weight excluding hydrogens is 384 g/mol. The molecule has 0 bridgehead atoms. The monoisotopic (exact) mass is 399 g/mol. The fourth-order valence-corrected chi connectivity index (χ4v) is 2.99. The highest BCUT2D eigenvalue weighted by Crippen LogP contribution is 2.29. The molecule has 1 heterocycles. The number of nitrogens with zero attached hydrogens (tertiary/aromatic N) is 1. The molecule has 144 valence electrons. The summed E-state index contributed by atoms with van der Waals surface area (Å²) in [6.07, 6.45) is 1.02. The Morgan fingerprint density at radius 2 is 1.54 bits per heavy atom. The van der Waals surface area contributed by atoms with Crippen LogP contribution in [0.3, 0.4) is 0 Å². The van der Waals surface area contributed by atoms with Gasteiger partial charge in [-0.05, 0) is 23.3 Å². The van der Waals surface area contributed by atoms with Crippen molar-refractivity contribution in [3.05, 3.63) is 89.7 Å². The number of amides is 1. The Bertz CT molecular complexity index is 1050. The maximum absolute atomic E-state index is 12.8. The van der Waals surface area contributed by atoms with Crippen LogP contribution in [0.25, 0.3) is 0 Å². The topological polar surface area (TPSA) is 132 Å². The van der Waals surface area contributed by atoms with E-state index in [1.807, 2.05) is 0 Å². The Hall–Kier alpha value is -3.27. The van der Waals surface area contributed by atoms with Crippen LogP contribution < -0.4 is 5.43 Å². The molecular formula is C19H15N2O6S-. The summed E-state index contributed by atoms with van der Waals surface area (Å²) in [5.41, 5.74) is 0.881. The molecule has 0 aliphatic heterocycles.